The van der Waals surface area contributed by atoms with Gasteiger partial charge >= 0.3 is 0 Å². The molecule has 0 radical (unpaired) electrons. The zero-order valence-corrected chi connectivity index (χ0v) is 9.43. The van der Waals surface area contributed by atoms with E-state index in [0.717, 1.165) is 6.42 Å². The molecule has 2 nitrogen and oxygen atoms in total. The van der Waals surface area contributed by atoms with Crippen LogP contribution in [-0.4, -0.2) is 11.6 Å². The molecule has 0 bridgehead atoms. The molecule has 2 unspecified atom stereocenters. The van der Waals surface area contributed by atoms with Crippen molar-refractivity contribution in [3.8, 4) is 6.07 Å². The van der Waals surface area contributed by atoms with Crippen molar-refractivity contribution < 1.29 is 0 Å². The van der Waals surface area contributed by atoms with Crippen LogP contribution < -0.4 is 5.32 Å². The van der Waals surface area contributed by atoms with Crippen molar-refractivity contribution in [1.82, 2.24) is 5.32 Å². The van der Waals surface area contributed by atoms with Gasteiger partial charge < -0.3 is 0 Å². The van der Waals surface area contributed by atoms with Gasteiger partial charge in [0.15, 0.2) is 0 Å². The molecule has 0 amide bonds. The van der Waals surface area contributed by atoms with E-state index in [2.05, 4.69) is 32.2 Å². The molecule has 0 saturated heterocycles. The van der Waals surface area contributed by atoms with Crippen molar-refractivity contribution in [2.24, 2.45) is 11.3 Å². The highest BCUT2D eigenvalue weighted by Crippen LogP contribution is 2.48. The van der Waals surface area contributed by atoms with E-state index in [1.165, 1.54) is 19.3 Å². The Hall–Kier alpha value is -0.550. The van der Waals surface area contributed by atoms with Crippen molar-refractivity contribution in [3.05, 3.63) is 0 Å². The Kier molecular flexibility index (Phi) is 2.12. The largest absolute Gasteiger partial charge is 0.296 e. The van der Waals surface area contributed by atoms with E-state index in [9.17, 15) is 5.26 Å². The Balaban J connectivity index is 2.15. The average molecular weight is 192 g/mol. The summed E-state index contributed by atoms with van der Waals surface area (Å²) in [5.74, 6) is 0.489. The van der Waals surface area contributed by atoms with Gasteiger partial charge in [0.25, 0.3) is 0 Å². The summed E-state index contributed by atoms with van der Waals surface area (Å²) in [5.41, 5.74) is 0.0989. The number of rotatable bonds is 2. The molecule has 2 saturated carbocycles. The van der Waals surface area contributed by atoms with Crippen molar-refractivity contribution in [3.63, 3.8) is 0 Å². The lowest BCUT2D eigenvalue weighted by Gasteiger charge is -2.28. The predicted octanol–water partition coefficient (Wildman–Crippen LogP) is 2.46. The highest BCUT2D eigenvalue weighted by Gasteiger charge is 2.50. The summed E-state index contributed by atoms with van der Waals surface area (Å²) in [6.07, 6.45) is 4.70. The molecule has 0 aromatic rings. The van der Waals surface area contributed by atoms with Gasteiger partial charge in [-0.3, -0.25) is 5.32 Å². The molecule has 2 rings (SSSR count). The van der Waals surface area contributed by atoms with Crippen LogP contribution in [0.15, 0.2) is 0 Å². The van der Waals surface area contributed by atoms with Crippen molar-refractivity contribution in [2.75, 3.05) is 0 Å². The number of nitriles is 1. The van der Waals surface area contributed by atoms with Gasteiger partial charge in [-0.1, -0.05) is 20.8 Å². The highest BCUT2D eigenvalue weighted by molar-refractivity contribution is 5.18. The Bertz CT molecular complexity index is 273. The molecule has 0 aliphatic heterocycles. The monoisotopic (exact) mass is 192 g/mol. The Morgan fingerprint density at radius 3 is 2.36 bits per heavy atom. The fourth-order valence-corrected chi connectivity index (χ4v) is 2.97. The summed E-state index contributed by atoms with van der Waals surface area (Å²) in [7, 11) is 0. The quantitative estimate of drug-likeness (QED) is 0.729. The minimum atomic E-state index is -0.231. The van der Waals surface area contributed by atoms with Crippen LogP contribution in [0.1, 0.15) is 46.5 Å². The van der Waals surface area contributed by atoms with Crippen LogP contribution in [0.2, 0.25) is 0 Å². The van der Waals surface area contributed by atoms with Gasteiger partial charge in [0.2, 0.25) is 0 Å². The van der Waals surface area contributed by atoms with Crippen LogP contribution in [0.4, 0.5) is 0 Å². The number of hydrogen-bond acceptors (Lipinski definition) is 2. The third kappa shape index (κ3) is 1.66. The minimum absolute atomic E-state index is 0.231. The lowest BCUT2D eigenvalue weighted by molar-refractivity contribution is 0.318. The summed E-state index contributed by atoms with van der Waals surface area (Å²) in [4.78, 5) is 0. The van der Waals surface area contributed by atoms with Crippen LogP contribution in [0.25, 0.3) is 0 Å². The van der Waals surface area contributed by atoms with Gasteiger partial charge in [-0.25, -0.2) is 0 Å². The molecule has 2 heteroatoms. The summed E-state index contributed by atoms with van der Waals surface area (Å²) < 4.78 is 0. The Morgan fingerprint density at radius 1 is 1.36 bits per heavy atom. The van der Waals surface area contributed by atoms with E-state index in [1.54, 1.807) is 0 Å². The first kappa shape index (κ1) is 9.98. The van der Waals surface area contributed by atoms with Gasteiger partial charge in [0.05, 0.1) is 6.07 Å². The fraction of sp³-hybridized carbons (Fsp3) is 0.917. The Morgan fingerprint density at radius 2 is 2.00 bits per heavy atom. The lowest BCUT2D eigenvalue weighted by Crippen LogP contribution is -2.47. The average Bonchev–Trinajstić information content (AvgIpc) is 2.81. The smallest absolute Gasteiger partial charge is 0.110 e. The lowest BCUT2D eigenvalue weighted by atomic mass is 9.87. The summed E-state index contributed by atoms with van der Waals surface area (Å²) in [6, 6.07) is 3.17. The molecule has 0 aromatic carbocycles. The maximum atomic E-state index is 9.38. The third-order valence-corrected chi connectivity index (χ3v) is 3.70. The van der Waals surface area contributed by atoms with Gasteiger partial charge in [-0.05, 0) is 37.0 Å². The van der Waals surface area contributed by atoms with Gasteiger partial charge in [-0.2, -0.15) is 5.26 Å². The number of hydrogen-bond donors (Lipinski definition) is 1. The van der Waals surface area contributed by atoms with Crippen molar-refractivity contribution in [2.45, 2.75) is 58.0 Å². The van der Waals surface area contributed by atoms with E-state index in [1.807, 2.05) is 0 Å². The second-order valence-corrected chi connectivity index (χ2v) is 5.95. The van der Waals surface area contributed by atoms with Gasteiger partial charge in [-0.15, -0.1) is 0 Å². The summed E-state index contributed by atoms with van der Waals surface area (Å²) in [5, 5.41) is 12.9. The van der Waals surface area contributed by atoms with Crippen LogP contribution in [-0.2, 0) is 0 Å². The maximum Gasteiger partial charge on any atom is 0.110 e. The molecule has 2 fully saturated rings. The number of nitrogens with one attached hydrogen (secondary N) is 1. The molecule has 2 aliphatic carbocycles. The van der Waals surface area contributed by atoms with E-state index in [4.69, 9.17) is 0 Å². The fourth-order valence-electron chi connectivity index (χ4n) is 2.97. The molecule has 0 heterocycles. The topological polar surface area (TPSA) is 35.8 Å². The molecule has 14 heavy (non-hydrogen) atoms. The first-order valence-corrected chi connectivity index (χ1v) is 5.66. The normalized spacial score (nSPS) is 40.9. The SMILES string of the molecule is CC1CC(C)(C)CC1(C#N)NC1CC1. The number of nitrogens with zero attached hydrogens (tertiary/aromatic N) is 1. The molecule has 2 aliphatic rings. The molecule has 0 aromatic heterocycles. The van der Waals surface area contributed by atoms with E-state index >= 15 is 0 Å². The molecule has 78 valence electrons. The van der Waals surface area contributed by atoms with Gasteiger partial charge in [0, 0.05) is 6.04 Å². The third-order valence-electron chi connectivity index (χ3n) is 3.70. The first-order valence-electron chi connectivity index (χ1n) is 5.66. The first-order chi connectivity index (χ1) is 6.47. The standard InChI is InChI=1S/C12H20N2/c1-9-6-11(2,3)7-12(9,8-13)14-10-4-5-10/h9-10,14H,4-7H2,1-3H3. The molecule has 1 N–H and O–H groups in total. The van der Waals surface area contributed by atoms with Gasteiger partial charge in [0.1, 0.15) is 5.54 Å². The molecular formula is C12H20N2. The molecule has 2 atom stereocenters. The molecular weight excluding hydrogens is 172 g/mol. The van der Waals surface area contributed by atoms with Crippen LogP contribution in [0, 0.1) is 22.7 Å². The summed E-state index contributed by atoms with van der Waals surface area (Å²) in [6.45, 7) is 6.77. The van der Waals surface area contributed by atoms with E-state index in [0.29, 0.717) is 17.4 Å². The summed E-state index contributed by atoms with van der Waals surface area (Å²) >= 11 is 0. The van der Waals surface area contributed by atoms with Crippen LogP contribution >= 0.6 is 0 Å². The predicted molar refractivity (Wildman–Crippen MR) is 56.7 cm³/mol. The second-order valence-electron chi connectivity index (χ2n) is 5.95. The van der Waals surface area contributed by atoms with Crippen LogP contribution in [0.5, 0.6) is 0 Å². The highest BCUT2D eigenvalue weighted by atomic mass is 15.1. The zero-order chi connectivity index (χ0) is 10.4. The van der Waals surface area contributed by atoms with Crippen molar-refractivity contribution in [1.29, 1.82) is 5.26 Å². The maximum absolute atomic E-state index is 9.38. The minimum Gasteiger partial charge on any atom is -0.296 e. The molecule has 0 spiro atoms. The van der Waals surface area contributed by atoms with E-state index < -0.39 is 0 Å². The van der Waals surface area contributed by atoms with Crippen molar-refractivity contribution >= 4 is 0 Å². The van der Waals surface area contributed by atoms with E-state index in [-0.39, 0.29) is 5.54 Å². The second kappa shape index (κ2) is 2.97. The van der Waals surface area contributed by atoms with Crippen LogP contribution in [0.3, 0.4) is 0 Å². The Labute approximate surface area is 86.7 Å². The zero-order valence-electron chi connectivity index (χ0n) is 9.43.